The van der Waals surface area contributed by atoms with E-state index < -0.39 is 73.6 Å². The maximum Gasteiger partial charge on any atom is 0.497 e. The van der Waals surface area contributed by atoms with Crippen LogP contribution in [0.25, 0.3) is 100 Å². The highest BCUT2D eigenvalue weighted by Crippen LogP contribution is 2.47. The van der Waals surface area contributed by atoms with Crippen molar-refractivity contribution in [3.8, 4) is 56.7 Å². The predicted octanol–water partition coefficient (Wildman–Crippen LogP) is 12.5. The van der Waals surface area contributed by atoms with Crippen molar-refractivity contribution in [2.75, 3.05) is 86.4 Å². The number of hydrogen-bond donors (Lipinski definition) is 2. The Morgan fingerprint density at radius 2 is 0.991 bits per heavy atom. The zero-order valence-electron chi connectivity index (χ0n) is 60.3. The number of nitrogens with zero attached hydrogens (tertiary/aromatic N) is 8. The number of fused-ring (bicyclic) bond motifs is 12. The molecule has 0 bridgehead atoms. The van der Waals surface area contributed by atoms with Gasteiger partial charge in [0.2, 0.25) is 20.0 Å². The Hall–Kier alpha value is -11.2. The number of rotatable bonds is 14. The van der Waals surface area contributed by atoms with Crippen LogP contribution in [0.1, 0.15) is 48.4 Å². The minimum absolute atomic E-state index is 0.0707. The molecule has 6 aromatic carbocycles. The number of carbonyl (C=O) groups excluding carboxylic acids is 4. The number of halogens is 5. The zero-order chi connectivity index (χ0) is 77.5. The number of aromatic nitrogens is 4. The first kappa shape index (κ1) is 75.0. The first-order valence-corrected chi connectivity index (χ1v) is 37.5. The third-order valence-electron chi connectivity index (χ3n) is 19.6. The zero-order valence-corrected chi connectivity index (χ0v) is 62.7. The Kier molecular flexibility index (Phi) is 19.8. The number of nitrogens with one attached hydrogen (secondary N) is 2. The van der Waals surface area contributed by atoms with Gasteiger partial charge in [0, 0.05) is 84.0 Å². The van der Waals surface area contributed by atoms with E-state index in [1.54, 1.807) is 71.6 Å². The molecule has 3 aliphatic rings. The normalized spacial score (nSPS) is 14.1. The topological polar surface area (TPSA) is 272 Å². The lowest BCUT2D eigenvalue weighted by Crippen LogP contribution is -2.41. The number of ether oxygens (including phenoxy) is 2. The van der Waals surface area contributed by atoms with Crippen molar-refractivity contribution in [1.82, 2.24) is 29.7 Å². The van der Waals surface area contributed by atoms with Gasteiger partial charge >= 0.3 is 19.1 Å². The molecule has 9 heterocycles. The van der Waals surface area contributed by atoms with Gasteiger partial charge in [-0.1, -0.05) is 23.7 Å². The van der Waals surface area contributed by atoms with Gasteiger partial charge in [-0.25, -0.2) is 44.4 Å². The summed E-state index contributed by atoms with van der Waals surface area (Å²) >= 11 is 6.05. The van der Waals surface area contributed by atoms with Crippen LogP contribution in [0.5, 0.6) is 0 Å². The quantitative estimate of drug-likeness (QED) is 0.0443. The number of esters is 2. The third kappa shape index (κ3) is 13.8. The number of hydrogen-bond acceptors (Lipinski definition) is 18. The third-order valence-corrected chi connectivity index (χ3v) is 22.2. The van der Waals surface area contributed by atoms with Gasteiger partial charge in [-0.05, 0) is 149 Å². The van der Waals surface area contributed by atoms with E-state index in [9.17, 15) is 53.6 Å². The summed E-state index contributed by atoms with van der Waals surface area (Å²) in [6, 6.07) is 37.4. The molecule has 0 radical (unpaired) electrons. The number of methoxy groups -OCH3 is 2. The number of pyridine rings is 2. The first-order chi connectivity index (χ1) is 51.1. The molecule has 108 heavy (non-hydrogen) atoms. The molecule has 2 N–H and O–H groups in total. The van der Waals surface area contributed by atoms with Crippen molar-refractivity contribution in [3.63, 3.8) is 0 Å². The van der Waals surface area contributed by atoms with Gasteiger partial charge in [-0.15, -0.1) is 0 Å². The van der Waals surface area contributed by atoms with Gasteiger partial charge in [0.15, 0.2) is 0 Å². The maximum atomic E-state index is 15.0. The number of anilines is 4. The van der Waals surface area contributed by atoms with E-state index in [4.69, 9.17) is 44.2 Å². The van der Waals surface area contributed by atoms with Crippen LogP contribution >= 0.6 is 11.6 Å². The highest BCUT2D eigenvalue weighted by Gasteiger charge is 2.53. The minimum atomic E-state index is -3.81. The van der Waals surface area contributed by atoms with Crippen molar-refractivity contribution in [3.05, 3.63) is 185 Å². The summed E-state index contributed by atoms with van der Waals surface area (Å²) in [7, 11) is 0.0523. The Morgan fingerprint density at radius 1 is 0.565 bits per heavy atom. The summed E-state index contributed by atoms with van der Waals surface area (Å²) in [5, 5.41) is 7.27. The van der Waals surface area contributed by atoms with E-state index in [0.717, 1.165) is 38.0 Å². The fraction of sp³-hybridized carbons (Fsp3) is 0.237. The summed E-state index contributed by atoms with van der Waals surface area (Å²) in [5.74, 6) is -2.93. The van der Waals surface area contributed by atoms with E-state index in [0.29, 0.717) is 95.2 Å². The number of benzene rings is 6. The van der Waals surface area contributed by atoms with Crippen LogP contribution in [0.4, 0.5) is 40.3 Å². The largest absolute Gasteiger partial charge is 0.497 e. The molecule has 32 heteroatoms. The second-order valence-electron chi connectivity index (χ2n) is 26.8. The number of sulfonamides is 2. The van der Waals surface area contributed by atoms with Crippen LogP contribution in [-0.2, 0) is 61.8 Å². The Bertz CT molecular complexity index is 5900. The van der Waals surface area contributed by atoms with E-state index in [-0.39, 0.29) is 71.0 Å². The van der Waals surface area contributed by atoms with E-state index >= 15 is 0 Å². The fourth-order valence-electron chi connectivity index (χ4n) is 13.2. The molecule has 6 aromatic heterocycles. The molecule has 2 amide bonds. The lowest BCUT2D eigenvalue weighted by molar-refractivity contribution is -0.139. The highest BCUT2D eigenvalue weighted by atomic mass is 35.5. The molecule has 15 rings (SSSR count). The first-order valence-electron chi connectivity index (χ1n) is 33.4. The van der Waals surface area contributed by atoms with Gasteiger partial charge in [0.25, 0.3) is 11.8 Å². The molecule has 0 aliphatic carbocycles. The number of carbonyl (C=O) groups is 4. The van der Waals surface area contributed by atoms with E-state index in [2.05, 4.69) is 15.6 Å². The lowest BCUT2D eigenvalue weighted by Gasteiger charge is -2.32. The van der Waals surface area contributed by atoms with Crippen molar-refractivity contribution in [2.24, 2.45) is 0 Å². The Labute approximate surface area is 622 Å². The molecular weight excluding hydrogens is 1460 g/mol. The van der Waals surface area contributed by atoms with Crippen molar-refractivity contribution in [2.45, 2.75) is 52.2 Å². The average molecular weight is 1530 g/mol. The van der Waals surface area contributed by atoms with Gasteiger partial charge < -0.3 is 57.2 Å². The van der Waals surface area contributed by atoms with Gasteiger partial charge in [-0.2, -0.15) is 0 Å². The second-order valence-corrected chi connectivity index (χ2v) is 31.2. The van der Waals surface area contributed by atoms with Crippen molar-refractivity contribution < 1.29 is 81.2 Å². The average Bonchev–Trinajstić information content (AvgIpc) is 1.56. The smallest absolute Gasteiger partial charge is 0.468 e. The molecular formula is C76H70BClF4N10O14S2. The maximum absolute atomic E-state index is 15.0. The molecule has 1 saturated heterocycles. The van der Waals surface area contributed by atoms with Crippen LogP contribution < -0.4 is 34.5 Å². The summed E-state index contributed by atoms with van der Waals surface area (Å²) in [4.78, 5) is 63.5. The van der Waals surface area contributed by atoms with Crippen LogP contribution in [0, 0.1) is 23.3 Å². The number of amides is 2. The lowest BCUT2D eigenvalue weighted by atomic mass is 9.77. The summed E-state index contributed by atoms with van der Waals surface area (Å²) in [6.45, 7) is 8.16. The van der Waals surface area contributed by atoms with Crippen LogP contribution in [0.3, 0.4) is 0 Å². The SMILES string of the molecule is CNC(=O)c1c(-c2ccc(F)cc2)oc2cc(N(C)S(C)(=O)=O)c(-c3ccc4c(n3)-c3cc5c(F)cccc5n3CN4CC(=O)OC)cc12.CNC(=O)c1c(-c2ccc(F)cc2)oc2cc(N(C)S(C)(=O)=O)c(B3OC(C)(C)C(C)(C)O3)cc12.COC(=O)CN1Cn2c(cc3c(F)cccc32)-c2nc(Cl)ccc21. The Morgan fingerprint density at radius 3 is 1.44 bits per heavy atom. The van der Waals surface area contributed by atoms with Crippen LogP contribution in [0.2, 0.25) is 5.15 Å². The summed E-state index contributed by atoms with van der Waals surface area (Å²) in [5.41, 5.74) is 7.18. The molecule has 558 valence electrons. The molecule has 1 fully saturated rings. The predicted molar refractivity (Wildman–Crippen MR) is 405 cm³/mol. The highest BCUT2D eigenvalue weighted by molar-refractivity contribution is 7.92. The Balaban J connectivity index is 0.000000152. The molecule has 0 saturated carbocycles. The molecule has 24 nitrogen and oxygen atoms in total. The summed E-state index contributed by atoms with van der Waals surface area (Å²) in [6.07, 6.45) is 2.15. The standard InChI is InChI=1S/C35H29F2N5O6S.C24H28BFN2O6S.C17H13ClFN3O2/c1-38-35(44)32-23-14-22(28(40(2)49(4,45)46)16-30(23)48-34(32)19-8-10-20(36)11-9-19)25-12-13-27-33(39-25)29-15-21-24(37)6-5-7-26(21)42(29)18-41(27)17-31(43)47-3;1-23(2)24(3,4)34-25(33-23)17-12-16-19(13-18(17)28(6)35(7,30)31)32-21(20(16)22(29)27-5)14-8-10-15(26)11-9-14;1-24-16(23)8-21-9-22-12-4-2-3-11(19)10(12)7-14(22)17-13(21)5-6-15(18)20-17/h5-16H,17-18H2,1-4H3,(H,38,44);8-13H,1-7H3,(H,27,29);2-7H,8-9H2,1H3. The van der Waals surface area contributed by atoms with Crippen LogP contribution in [0.15, 0.2) is 154 Å². The van der Waals surface area contributed by atoms with Crippen molar-refractivity contribution in [1.29, 1.82) is 0 Å². The molecule has 0 spiro atoms. The van der Waals surface area contributed by atoms with E-state index in [1.165, 1.54) is 109 Å². The monoisotopic (exact) mass is 1530 g/mol. The van der Waals surface area contributed by atoms with E-state index in [1.807, 2.05) is 53.9 Å². The van der Waals surface area contributed by atoms with Gasteiger partial charge in [-0.3, -0.25) is 27.8 Å². The summed E-state index contributed by atoms with van der Waals surface area (Å²) < 4.78 is 148. The molecule has 0 unspecified atom stereocenters. The number of furan rings is 2. The molecule has 12 aromatic rings. The molecule has 3 aliphatic heterocycles. The van der Waals surface area contributed by atoms with Crippen LogP contribution in [-0.4, -0.2) is 146 Å². The van der Waals surface area contributed by atoms with Crippen molar-refractivity contribution >= 4 is 134 Å². The second kappa shape index (κ2) is 28.5. The molecule has 0 atom stereocenters. The van der Waals surface area contributed by atoms with Gasteiger partial charge in [0.05, 0.1) is 113 Å². The van der Waals surface area contributed by atoms with Gasteiger partial charge in [0.1, 0.15) is 75.6 Å². The fourth-order valence-corrected chi connectivity index (χ4v) is 14.3. The minimum Gasteiger partial charge on any atom is -0.468 e.